The molecule has 0 atom stereocenters. The maximum absolute atomic E-state index is 11.7. The molecule has 0 aliphatic heterocycles. The molecule has 32 heteroatoms. The van der Waals surface area contributed by atoms with Crippen LogP contribution in [-0.4, -0.2) is 120 Å². The second-order valence-corrected chi connectivity index (χ2v) is 18.8. The number of ether oxygens (including phenoxy) is 3. The number of methoxy groups -OCH3 is 3. The Labute approximate surface area is 552 Å². The Morgan fingerprint density at radius 2 is 0.874 bits per heavy atom. The van der Waals surface area contributed by atoms with Gasteiger partial charge in [-0.25, -0.2) is 53.7 Å². The molecule has 8 heterocycles. The molecule has 464 valence electrons. The first kappa shape index (κ1) is 70.4. The molecule has 0 bridgehead atoms. The number of carbonyl (C=O) groups excluding carboxylic acids is 3. The predicted molar refractivity (Wildman–Crippen MR) is 335 cm³/mol. The topological polar surface area (TPSA) is 485 Å². The number of carbonyl (C=O) groups is 3. The molecule has 0 fully saturated rings. The summed E-state index contributed by atoms with van der Waals surface area (Å²) in [4.78, 5) is 74.5. The zero-order valence-electron chi connectivity index (χ0n) is 50.7. The molecular formula is C63H49LiN24O7. The van der Waals surface area contributed by atoms with Crippen LogP contribution in [0.1, 0.15) is 70.5 Å². The minimum absolute atomic E-state index is 0. The van der Waals surface area contributed by atoms with Crippen molar-refractivity contribution in [2.75, 3.05) is 38.5 Å². The molecule has 0 aliphatic carbocycles. The van der Waals surface area contributed by atoms with E-state index in [2.05, 4.69) is 104 Å². The number of nitriles is 3. The zero-order chi connectivity index (χ0) is 66.2. The van der Waals surface area contributed by atoms with Gasteiger partial charge >= 0.3 is 36.8 Å². The number of rotatable bonds is 14. The molecule has 3 aromatic carbocycles. The molecule has 0 saturated heterocycles. The molecule has 0 radical (unpaired) electrons. The van der Waals surface area contributed by atoms with E-state index >= 15 is 0 Å². The molecule has 95 heavy (non-hydrogen) atoms. The Kier molecular flexibility index (Phi) is 25.5. The van der Waals surface area contributed by atoms with E-state index in [4.69, 9.17) is 54.4 Å². The second kappa shape index (κ2) is 34.3. The van der Waals surface area contributed by atoms with Crippen molar-refractivity contribution < 1.29 is 52.9 Å². The van der Waals surface area contributed by atoms with Crippen LogP contribution in [0.4, 0.5) is 17.8 Å². The Balaban J connectivity index is 0.000000209. The van der Waals surface area contributed by atoms with Gasteiger partial charge in [0.25, 0.3) is 0 Å². The molecule has 0 spiro atoms. The number of anilines is 3. The molecule has 8 aromatic heterocycles. The summed E-state index contributed by atoms with van der Waals surface area (Å²) >= 11 is 0. The summed E-state index contributed by atoms with van der Waals surface area (Å²) in [6.45, 7) is 0.728. The number of aromatic nitrogens is 15. The van der Waals surface area contributed by atoms with Crippen LogP contribution in [0.3, 0.4) is 0 Å². The van der Waals surface area contributed by atoms with Crippen molar-refractivity contribution >= 4 is 35.8 Å². The number of pyridine rings is 3. The number of esters is 3. The minimum atomic E-state index is -0.438. The van der Waals surface area contributed by atoms with Crippen molar-refractivity contribution in [3.8, 4) is 87.1 Å². The third kappa shape index (κ3) is 19.7. The van der Waals surface area contributed by atoms with Crippen LogP contribution in [-0.2, 0) is 33.8 Å². The van der Waals surface area contributed by atoms with Gasteiger partial charge in [-0.15, -0.1) is 16.6 Å². The van der Waals surface area contributed by atoms with E-state index in [1.54, 1.807) is 119 Å². The number of nitrogen functional groups attached to an aromatic ring is 3. The monoisotopic (exact) mass is 1260 g/mol. The van der Waals surface area contributed by atoms with Gasteiger partial charge in [-0.2, -0.15) is 15.8 Å². The van der Waals surface area contributed by atoms with Crippen molar-refractivity contribution in [3.05, 3.63) is 225 Å². The number of benzene rings is 3. The SMILES string of the molecule is C#Cc1cc(-c2cccc(C#N)c2)nc(N)n1.COC(=O)c1ccnc(CN=[N+]=[N-])c1.COC(=O)c1ccnc(Cn2cc(-c3cc(-c4cccc(C#N)c4)nc(N)n3)nn2)c1.COC(=O)c1ccnc(Cn2cc(-c3cc(-c4cccc(C#N)c4)nc(N)n3)nn2)c1.[Li+].[OH-]. The molecule has 31 nitrogen and oxygen atoms in total. The number of nitrogens with two attached hydrogens (primary N) is 3. The van der Waals surface area contributed by atoms with Crippen molar-refractivity contribution in [2.24, 2.45) is 5.11 Å². The first-order chi connectivity index (χ1) is 45.1. The zero-order valence-corrected chi connectivity index (χ0v) is 50.7. The van der Waals surface area contributed by atoms with Gasteiger partial charge in [-0.1, -0.05) is 57.9 Å². The van der Waals surface area contributed by atoms with Gasteiger partial charge in [0.2, 0.25) is 17.8 Å². The van der Waals surface area contributed by atoms with E-state index < -0.39 is 17.9 Å². The summed E-state index contributed by atoms with van der Waals surface area (Å²) in [5.41, 5.74) is 36.4. The van der Waals surface area contributed by atoms with Gasteiger partial charge in [0.1, 0.15) is 17.1 Å². The number of nitrogens with zero attached hydrogens (tertiary/aromatic N) is 21. The maximum Gasteiger partial charge on any atom is 1.00 e. The van der Waals surface area contributed by atoms with Crippen LogP contribution >= 0.6 is 0 Å². The summed E-state index contributed by atoms with van der Waals surface area (Å²) < 4.78 is 17.1. The van der Waals surface area contributed by atoms with Crippen LogP contribution in [0.2, 0.25) is 0 Å². The van der Waals surface area contributed by atoms with Crippen molar-refractivity contribution in [1.82, 2.24) is 74.8 Å². The summed E-state index contributed by atoms with van der Waals surface area (Å²) in [6, 6.07) is 42.0. The quantitative estimate of drug-likeness (QED) is 0.0260. The Hall–Kier alpha value is -13.7. The standard InChI is InChI=1S/2C21H16N8O2.C13H8N4.C8H8N4O2.Li.H2O/c2*1-31-20(30)15-5-6-24-16(8-15)11-29-12-19(27-28-29)18-9-17(25-21(23)26-18)14-4-2-3-13(7-14)10-22;1-2-11-7-12(17-13(15)16-11)10-5-3-4-9(6-10)8-14;1-14-8(13)6-2-3-10-7(4-6)5-11-12-9;;/h2*2-9,12H,11H2,1H3,(H2,23,25,26);1,3-7H,(H2,15,16,17);2-4H,5H2,1H3;;1H2/q;;;;+1;/p-1. The number of hydrogen-bond donors (Lipinski definition) is 3. The second-order valence-electron chi connectivity index (χ2n) is 18.8. The smallest absolute Gasteiger partial charge is 0.870 e. The average Bonchev–Trinajstić information content (AvgIpc) is 1.81. The van der Waals surface area contributed by atoms with Crippen LogP contribution in [0.15, 0.2) is 163 Å². The fourth-order valence-electron chi connectivity index (χ4n) is 8.27. The number of hydrogen-bond acceptors (Lipinski definition) is 27. The molecule has 0 unspecified atom stereocenters. The van der Waals surface area contributed by atoms with Crippen LogP contribution < -0.4 is 36.1 Å². The summed E-state index contributed by atoms with van der Waals surface area (Å²) in [7, 11) is 3.95. The fraction of sp³-hybridized carbons (Fsp3) is 0.0952. The molecule has 7 N–H and O–H groups in total. The van der Waals surface area contributed by atoms with E-state index in [1.807, 2.05) is 18.2 Å². The largest absolute Gasteiger partial charge is 1.00 e. The van der Waals surface area contributed by atoms with Crippen LogP contribution in [0.5, 0.6) is 0 Å². The molecule has 0 amide bonds. The van der Waals surface area contributed by atoms with Crippen molar-refractivity contribution in [2.45, 2.75) is 19.6 Å². The van der Waals surface area contributed by atoms with Gasteiger partial charge in [-0.05, 0) is 96.5 Å². The van der Waals surface area contributed by atoms with Crippen LogP contribution in [0.25, 0.3) is 67.0 Å². The van der Waals surface area contributed by atoms with E-state index in [-0.39, 0.29) is 48.7 Å². The van der Waals surface area contributed by atoms with E-state index in [0.29, 0.717) is 109 Å². The van der Waals surface area contributed by atoms with E-state index in [0.717, 1.165) is 16.7 Å². The molecule has 0 aliphatic rings. The Bertz CT molecular complexity index is 4590. The maximum atomic E-state index is 11.7. The minimum Gasteiger partial charge on any atom is -0.870 e. The molecular weight excluding hydrogens is 1210 g/mol. The molecule has 11 aromatic rings. The summed E-state index contributed by atoms with van der Waals surface area (Å²) in [5, 5.41) is 46.9. The number of terminal acetylenes is 1. The van der Waals surface area contributed by atoms with Gasteiger partial charge in [0.15, 0.2) is 0 Å². The summed E-state index contributed by atoms with van der Waals surface area (Å²) in [5.74, 6) is 1.38. The number of azide groups is 1. The van der Waals surface area contributed by atoms with Crippen molar-refractivity contribution in [1.29, 1.82) is 15.8 Å². The predicted octanol–water partition coefficient (Wildman–Crippen LogP) is 4.26. The first-order valence-corrected chi connectivity index (χ1v) is 26.9. The van der Waals surface area contributed by atoms with E-state index in [9.17, 15) is 14.4 Å². The van der Waals surface area contributed by atoms with Gasteiger partial charge in [0, 0.05) is 45.9 Å². The summed E-state index contributed by atoms with van der Waals surface area (Å²) in [6.07, 6.45) is 13.2. The Morgan fingerprint density at radius 1 is 0.516 bits per heavy atom. The Morgan fingerprint density at radius 3 is 1.24 bits per heavy atom. The first-order valence-electron chi connectivity index (χ1n) is 26.9. The third-order valence-electron chi connectivity index (χ3n) is 12.5. The van der Waals surface area contributed by atoms with Gasteiger partial charge in [0.05, 0.1) is 145 Å². The average molecular weight is 1260 g/mol. The third-order valence-corrected chi connectivity index (χ3v) is 12.5. The normalized spacial score (nSPS) is 9.80. The van der Waals surface area contributed by atoms with Crippen molar-refractivity contribution in [3.63, 3.8) is 0 Å². The molecule has 0 saturated carbocycles. The molecule has 11 rings (SSSR count). The fourth-order valence-corrected chi connectivity index (χ4v) is 8.27. The van der Waals surface area contributed by atoms with Gasteiger partial charge in [-0.3, -0.25) is 15.0 Å². The van der Waals surface area contributed by atoms with Crippen LogP contribution in [0, 0.1) is 46.3 Å². The van der Waals surface area contributed by atoms with E-state index in [1.165, 1.54) is 52.1 Å². The van der Waals surface area contributed by atoms with Gasteiger partial charge < -0.3 is 36.9 Å².